The van der Waals surface area contributed by atoms with Gasteiger partial charge in [-0.15, -0.1) is 31.9 Å². The molecule has 0 fully saturated rings. The lowest BCUT2D eigenvalue weighted by atomic mass is 10.0. The first-order valence-electron chi connectivity index (χ1n) is 9.94. The van der Waals surface area contributed by atoms with E-state index < -0.39 is 0 Å². The Bertz CT molecular complexity index is 1550. The van der Waals surface area contributed by atoms with E-state index in [9.17, 15) is 4.39 Å². The van der Waals surface area contributed by atoms with Crippen LogP contribution >= 0.6 is 31.9 Å². The minimum Gasteiger partial charge on any atom is -0.207 e. The van der Waals surface area contributed by atoms with Crippen LogP contribution in [0.5, 0.6) is 0 Å². The van der Waals surface area contributed by atoms with Crippen molar-refractivity contribution in [2.75, 3.05) is 0 Å². The summed E-state index contributed by atoms with van der Waals surface area (Å²) in [6.07, 6.45) is 1.78. The lowest BCUT2D eigenvalue weighted by molar-refractivity contribution is 0.626. The molecule has 0 bridgehead atoms. The molecule has 0 aliphatic heterocycles. The lowest BCUT2D eigenvalue weighted by Crippen LogP contribution is -1.98. The summed E-state index contributed by atoms with van der Waals surface area (Å²) in [6.45, 7) is 0. The zero-order valence-electron chi connectivity index (χ0n) is 16.1. The molecule has 4 heteroatoms. The van der Waals surface area contributed by atoms with Crippen LogP contribution in [0.4, 0.5) is 4.39 Å². The van der Waals surface area contributed by atoms with Crippen molar-refractivity contribution in [1.29, 1.82) is 0 Å². The highest BCUT2D eigenvalue weighted by Crippen LogP contribution is 2.38. The summed E-state index contributed by atoms with van der Waals surface area (Å²) < 4.78 is 16.4. The second-order valence-corrected chi connectivity index (χ2v) is 10.5. The van der Waals surface area contributed by atoms with Gasteiger partial charge in [0.05, 0.1) is 0 Å². The first-order chi connectivity index (χ1) is 14.6. The van der Waals surface area contributed by atoms with Gasteiger partial charge in [-0.05, 0) is 87.0 Å². The van der Waals surface area contributed by atoms with Gasteiger partial charge in [-0.2, -0.15) is 0 Å². The molecule has 0 spiro atoms. The minimum atomic E-state index is -0.161. The molecule has 0 aliphatic carbocycles. The Kier molecular flexibility index (Phi) is 4.38. The molecule has 2 aromatic heterocycles. The second-order valence-electron chi connectivity index (χ2n) is 7.79. The van der Waals surface area contributed by atoms with Crippen molar-refractivity contribution in [3.8, 4) is 0 Å². The number of hydrogen-bond acceptors (Lipinski definition) is 2. The van der Waals surface area contributed by atoms with Crippen molar-refractivity contribution in [2.24, 2.45) is 0 Å². The molecular weight excluding hydrogens is 426 g/mol. The van der Waals surface area contributed by atoms with Crippen LogP contribution in [0.15, 0.2) is 72.1 Å². The zero-order valence-corrected chi connectivity index (χ0v) is 18.9. The van der Waals surface area contributed by atoms with Crippen LogP contribution in [0, 0.1) is 5.82 Å². The molecule has 0 aliphatic rings. The topological polar surface area (TPSA) is 0 Å². The third-order valence-electron chi connectivity index (χ3n) is 5.74. The van der Waals surface area contributed by atoms with Crippen LogP contribution in [0.1, 0.15) is 10.4 Å². The van der Waals surface area contributed by atoms with Crippen molar-refractivity contribution in [3.63, 3.8) is 0 Å². The smallest absolute Gasteiger partial charge is 0.124 e. The molecule has 1 unspecified atom stereocenters. The predicted octanol–water partition coefficient (Wildman–Crippen LogP) is 7.85. The van der Waals surface area contributed by atoms with E-state index in [4.69, 9.17) is 0 Å². The highest BCUT2D eigenvalue weighted by molar-refractivity contribution is 7.27. The number of fused-ring (bicyclic) bond motifs is 6. The number of thiophene rings is 2. The van der Waals surface area contributed by atoms with Crippen molar-refractivity contribution in [3.05, 3.63) is 88.4 Å². The third kappa shape index (κ3) is 3.13. The summed E-state index contributed by atoms with van der Waals surface area (Å²) in [7, 11) is 2.59. The van der Waals surface area contributed by atoms with Gasteiger partial charge in [0.1, 0.15) is 5.82 Å². The Morgan fingerprint density at radius 3 is 2.23 bits per heavy atom. The van der Waals surface area contributed by atoms with Crippen molar-refractivity contribution in [1.82, 2.24) is 0 Å². The van der Waals surface area contributed by atoms with E-state index in [2.05, 4.69) is 63.2 Å². The molecule has 0 saturated carbocycles. The molecule has 6 aromatic rings. The van der Waals surface area contributed by atoms with Gasteiger partial charge in [0.2, 0.25) is 0 Å². The summed E-state index contributed by atoms with van der Waals surface area (Å²) in [5.41, 5.74) is 1.05. The van der Waals surface area contributed by atoms with Crippen LogP contribution in [0.25, 0.3) is 41.7 Å². The molecule has 1 atom stereocenters. The van der Waals surface area contributed by atoms with E-state index in [-0.39, 0.29) is 5.82 Å². The number of halogens is 1. The Hall–Kier alpha value is -2.32. The van der Waals surface area contributed by atoms with Gasteiger partial charge in [-0.1, -0.05) is 30.3 Å². The molecule has 146 valence electrons. The summed E-state index contributed by atoms with van der Waals surface area (Å²) in [6, 6.07) is 23.4. The van der Waals surface area contributed by atoms with Crippen LogP contribution < -0.4 is 5.30 Å². The molecule has 0 radical (unpaired) electrons. The van der Waals surface area contributed by atoms with Crippen LogP contribution in [0.3, 0.4) is 0 Å². The average Bonchev–Trinajstić information content (AvgIpc) is 3.37. The normalized spacial score (nSPS) is 11.9. The second kappa shape index (κ2) is 7.13. The lowest BCUT2D eigenvalue weighted by Gasteiger charge is -2.05. The monoisotopic (exact) mass is 444 g/mol. The largest absolute Gasteiger partial charge is 0.207 e. The van der Waals surface area contributed by atoms with E-state index in [0.717, 1.165) is 23.7 Å². The van der Waals surface area contributed by atoms with Crippen LogP contribution in [-0.2, 0) is 12.8 Å². The van der Waals surface area contributed by atoms with Gasteiger partial charge >= 0.3 is 0 Å². The molecule has 30 heavy (non-hydrogen) atoms. The maximum absolute atomic E-state index is 13.7. The average molecular weight is 445 g/mol. The Balaban J connectivity index is 1.43. The van der Waals surface area contributed by atoms with Gasteiger partial charge in [-0.25, -0.2) is 4.39 Å². The molecule has 6 rings (SSSR count). The Morgan fingerprint density at radius 1 is 0.700 bits per heavy atom. The number of benzene rings is 4. The fraction of sp³-hybridized carbons (Fsp3) is 0.0769. The van der Waals surface area contributed by atoms with Gasteiger partial charge in [0, 0.05) is 25.0 Å². The molecule has 0 N–H and O–H groups in total. The third-order valence-corrected chi connectivity index (χ3v) is 8.28. The van der Waals surface area contributed by atoms with E-state index in [1.54, 1.807) is 12.1 Å². The van der Waals surface area contributed by atoms with Crippen molar-refractivity contribution in [2.45, 2.75) is 12.8 Å². The molecule has 4 aromatic carbocycles. The first kappa shape index (κ1) is 18.4. The highest BCUT2D eigenvalue weighted by Gasteiger charge is 2.10. The van der Waals surface area contributed by atoms with Gasteiger partial charge in [0.15, 0.2) is 0 Å². The summed E-state index contributed by atoms with van der Waals surface area (Å²) in [4.78, 5) is 1.35. The van der Waals surface area contributed by atoms with E-state index in [1.165, 1.54) is 46.6 Å². The van der Waals surface area contributed by atoms with E-state index in [0.29, 0.717) is 0 Å². The standard InChI is InChI=1S/C26H18FPS2/c27-20-9-15(10-21(28)14-20)1-6-22-11-19-5-4-18-12-23-17(13-24(18)26(19)30-22)3-2-16-7-8-29-25(16)23/h2-5,7-14H,1,6,28H2. The van der Waals surface area contributed by atoms with Gasteiger partial charge < -0.3 is 0 Å². The van der Waals surface area contributed by atoms with E-state index in [1.807, 2.05) is 28.7 Å². The molecule has 0 nitrogen and oxygen atoms in total. The fourth-order valence-electron chi connectivity index (χ4n) is 4.33. The Morgan fingerprint density at radius 2 is 1.43 bits per heavy atom. The molecule has 0 saturated heterocycles. The zero-order chi connectivity index (χ0) is 20.2. The summed E-state index contributed by atoms with van der Waals surface area (Å²) in [5, 5.41) is 10.9. The quantitative estimate of drug-likeness (QED) is 0.193. The molecule has 2 heterocycles. The summed E-state index contributed by atoms with van der Waals surface area (Å²) in [5.74, 6) is -0.161. The molecular formula is C26H18FPS2. The maximum Gasteiger partial charge on any atom is 0.124 e. The number of rotatable bonds is 3. The fourth-order valence-corrected chi connectivity index (χ4v) is 6.82. The van der Waals surface area contributed by atoms with Crippen molar-refractivity contribution < 1.29 is 4.39 Å². The number of hydrogen-bond donors (Lipinski definition) is 0. The van der Waals surface area contributed by atoms with E-state index >= 15 is 0 Å². The maximum atomic E-state index is 13.7. The number of aryl methyl sites for hydroxylation is 2. The predicted molar refractivity (Wildman–Crippen MR) is 135 cm³/mol. The van der Waals surface area contributed by atoms with Crippen molar-refractivity contribution >= 4 is 78.9 Å². The van der Waals surface area contributed by atoms with Gasteiger partial charge in [-0.3, -0.25) is 0 Å². The van der Waals surface area contributed by atoms with Crippen LogP contribution in [0.2, 0.25) is 0 Å². The SMILES string of the molecule is Fc1cc(P)cc(CCc2cc3ccc4cc5c(ccc6ccsc65)cc4c3s2)c1. The minimum absolute atomic E-state index is 0.161. The highest BCUT2D eigenvalue weighted by atomic mass is 32.1. The van der Waals surface area contributed by atoms with Gasteiger partial charge in [0.25, 0.3) is 0 Å². The Labute approximate surface area is 184 Å². The first-order valence-corrected chi connectivity index (χ1v) is 12.2. The summed E-state index contributed by atoms with van der Waals surface area (Å²) >= 11 is 3.69. The molecule has 0 amide bonds. The van der Waals surface area contributed by atoms with Crippen LogP contribution in [-0.4, -0.2) is 0 Å².